The minimum atomic E-state index is -0.643. The number of carbonyl (C=O) groups is 2. The number of nitrogens with zero attached hydrogens (tertiary/aromatic N) is 5. The number of likely N-dealkylation sites (tertiary alicyclic amines) is 1. The number of benzene rings is 1. The lowest BCUT2D eigenvalue weighted by molar-refractivity contribution is -0.132. The molecule has 10 nitrogen and oxygen atoms in total. The molecule has 1 fully saturated rings. The molecule has 4 heterocycles. The van der Waals surface area contributed by atoms with Gasteiger partial charge < -0.3 is 21.3 Å². The van der Waals surface area contributed by atoms with Crippen molar-refractivity contribution in [3.05, 3.63) is 59.4 Å². The van der Waals surface area contributed by atoms with Crippen LogP contribution < -0.4 is 16.4 Å². The fraction of sp³-hybridized carbons (Fsp3) is 0.346. The highest BCUT2D eigenvalue weighted by atomic mass is 32.1. The summed E-state index contributed by atoms with van der Waals surface area (Å²) in [6, 6.07) is 9.98. The smallest absolute Gasteiger partial charge is 0.271 e. The Kier molecular flexibility index (Phi) is 7.31. The summed E-state index contributed by atoms with van der Waals surface area (Å²) < 4.78 is 3.11. The molecule has 11 heteroatoms. The van der Waals surface area contributed by atoms with Crippen molar-refractivity contribution in [3.8, 4) is 0 Å². The van der Waals surface area contributed by atoms with E-state index in [0.29, 0.717) is 30.4 Å². The van der Waals surface area contributed by atoms with E-state index in [1.807, 2.05) is 28.8 Å². The minimum Gasteiger partial charge on any atom is -0.379 e. The summed E-state index contributed by atoms with van der Waals surface area (Å²) in [5, 5.41) is 22.5. The van der Waals surface area contributed by atoms with E-state index >= 15 is 0 Å². The van der Waals surface area contributed by atoms with Crippen LogP contribution in [0.3, 0.4) is 0 Å². The maximum Gasteiger partial charge on any atom is 0.271 e. The predicted octanol–water partition coefficient (Wildman–Crippen LogP) is 3.99. The molecule has 1 saturated heterocycles. The van der Waals surface area contributed by atoms with E-state index in [1.165, 1.54) is 10.1 Å². The van der Waals surface area contributed by atoms with Crippen molar-refractivity contribution in [2.45, 2.75) is 39.3 Å². The second kappa shape index (κ2) is 11.0. The highest BCUT2D eigenvalue weighted by Gasteiger charge is 2.22. The molecule has 37 heavy (non-hydrogen) atoms. The molecule has 192 valence electrons. The average molecular weight is 519 g/mol. The Morgan fingerprint density at radius 1 is 1.19 bits per heavy atom. The maximum absolute atomic E-state index is 12.0. The number of aromatic nitrogens is 4. The molecule has 1 aromatic carbocycles. The molecule has 0 unspecified atom stereocenters. The highest BCUT2D eigenvalue weighted by molar-refractivity contribution is 7.17. The Labute approximate surface area is 218 Å². The number of anilines is 3. The summed E-state index contributed by atoms with van der Waals surface area (Å²) in [5.74, 6) is 0.542. The van der Waals surface area contributed by atoms with Crippen LogP contribution in [0.15, 0.2) is 48.1 Å². The molecule has 0 spiro atoms. The van der Waals surface area contributed by atoms with Gasteiger partial charge in [0, 0.05) is 49.6 Å². The van der Waals surface area contributed by atoms with E-state index in [4.69, 9.17) is 5.73 Å². The fourth-order valence-corrected chi connectivity index (χ4v) is 5.60. The lowest BCUT2D eigenvalue weighted by Crippen LogP contribution is -2.38. The van der Waals surface area contributed by atoms with Gasteiger partial charge in [0.2, 0.25) is 5.91 Å². The van der Waals surface area contributed by atoms with Crippen molar-refractivity contribution < 1.29 is 9.59 Å². The first-order valence-electron chi connectivity index (χ1n) is 12.4. The number of nitrogens with one attached hydrogen (secondary N) is 2. The van der Waals surface area contributed by atoms with Gasteiger partial charge in [0.25, 0.3) is 5.91 Å². The number of nitrogens with two attached hydrogens (primary N) is 1. The van der Waals surface area contributed by atoms with Crippen molar-refractivity contribution in [2.24, 2.45) is 11.7 Å². The molecule has 0 saturated carbocycles. The predicted molar refractivity (Wildman–Crippen MR) is 145 cm³/mol. The van der Waals surface area contributed by atoms with E-state index in [2.05, 4.69) is 49.5 Å². The topological polar surface area (TPSA) is 131 Å². The Hall–Kier alpha value is -3.99. The third kappa shape index (κ3) is 5.72. The Bertz CT molecular complexity index is 1410. The van der Waals surface area contributed by atoms with Crippen molar-refractivity contribution in [1.82, 2.24) is 24.9 Å². The molecule has 0 atom stereocenters. The van der Waals surface area contributed by atoms with Gasteiger partial charge in [-0.15, -0.1) is 21.5 Å². The van der Waals surface area contributed by atoms with E-state index < -0.39 is 5.91 Å². The summed E-state index contributed by atoms with van der Waals surface area (Å²) in [6.07, 6.45) is 6.18. The van der Waals surface area contributed by atoms with Crippen LogP contribution in [0.2, 0.25) is 0 Å². The second-order valence-corrected chi connectivity index (χ2v) is 10.1. The minimum absolute atomic E-state index is 0.0903. The zero-order chi connectivity index (χ0) is 25.8. The Morgan fingerprint density at radius 2 is 2.03 bits per heavy atom. The van der Waals surface area contributed by atoms with E-state index in [1.54, 1.807) is 23.6 Å². The third-order valence-electron chi connectivity index (χ3n) is 6.68. The normalized spacial score (nSPS) is 14.1. The summed E-state index contributed by atoms with van der Waals surface area (Å²) in [5.41, 5.74) is 8.05. The first kappa shape index (κ1) is 24.7. The van der Waals surface area contributed by atoms with Crippen LogP contribution in [0.5, 0.6) is 0 Å². The molecule has 5 rings (SSSR count). The van der Waals surface area contributed by atoms with E-state index in [9.17, 15) is 9.59 Å². The van der Waals surface area contributed by atoms with Crippen LogP contribution in [0, 0.1) is 5.92 Å². The number of amides is 2. The number of thiophene rings is 1. The van der Waals surface area contributed by atoms with Gasteiger partial charge in [-0.3, -0.25) is 14.3 Å². The van der Waals surface area contributed by atoms with Gasteiger partial charge in [0.1, 0.15) is 0 Å². The monoisotopic (exact) mass is 518 g/mol. The number of primary amides is 1. The van der Waals surface area contributed by atoms with Crippen LogP contribution in [0.25, 0.3) is 10.1 Å². The van der Waals surface area contributed by atoms with Crippen molar-refractivity contribution in [2.75, 3.05) is 23.7 Å². The van der Waals surface area contributed by atoms with Crippen LogP contribution in [-0.4, -0.2) is 49.8 Å². The first-order chi connectivity index (χ1) is 18.0. The maximum atomic E-state index is 12.0. The van der Waals surface area contributed by atoms with Gasteiger partial charge in [0.05, 0.1) is 17.6 Å². The van der Waals surface area contributed by atoms with Crippen molar-refractivity contribution >= 4 is 50.4 Å². The molecule has 4 N–H and O–H groups in total. The SMILES string of the molecule is CCC(=O)N1CCC(Cn2cc(Nc3cc(NCc4cccc5ccsc45)c(C(N)=O)nn3)cn2)CC1. The second-order valence-electron chi connectivity index (χ2n) is 9.22. The summed E-state index contributed by atoms with van der Waals surface area (Å²) in [4.78, 5) is 25.8. The molecule has 4 aromatic rings. The largest absolute Gasteiger partial charge is 0.379 e. The molecule has 0 bridgehead atoms. The molecule has 1 aliphatic heterocycles. The molecule has 0 radical (unpaired) electrons. The molecular formula is C26H30N8O2S. The number of piperidine rings is 1. The molecular weight excluding hydrogens is 488 g/mol. The van der Waals surface area contributed by atoms with Crippen molar-refractivity contribution in [1.29, 1.82) is 0 Å². The number of hydrogen-bond acceptors (Lipinski definition) is 8. The average Bonchev–Trinajstić information content (AvgIpc) is 3.57. The van der Waals surface area contributed by atoms with Crippen LogP contribution in [0.4, 0.5) is 17.2 Å². The third-order valence-corrected chi connectivity index (χ3v) is 7.68. The molecule has 3 aromatic heterocycles. The van der Waals surface area contributed by atoms with Crippen LogP contribution >= 0.6 is 11.3 Å². The molecule has 2 amide bonds. The highest BCUT2D eigenvalue weighted by Crippen LogP contribution is 2.27. The Morgan fingerprint density at radius 3 is 2.81 bits per heavy atom. The van der Waals surface area contributed by atoms with Gasteiger partial charge in [-0.1, -0.05) is 25.1 Å². The lowest BCUT2D eigenvalue weighted by atomic mass is 9.96. The van der Waals surface area contributed by atoms with Crippen molar-refractivity contribution in [3.63, 3.8) is 0 Å². The van der Waals surface area contributed by atoms with Gasteiger partial charge in [-0.05, 0) is 41.2 Å². The fourth-order valence-electron chi connectivity index (χ4n) is 4.68. The van der Waals surface area contributed by atoms with E-state index in [-0.39, 0.29) is 11.6 Å². The van der Waals surface area contributed by atoms with Gasteiger partial charge in [0.15, 0.2) is 11.5 Å². The van der Waals surface area contributed by atoms with Crippen LogP contribution in [0.1, 0.15) is 42.2 Å². The number of rotatable bonds is 9. The standard InChI is InChI=1S/C26H30N8O2S/c1-2-23(35)33-9-6-17(7-10-33)15-34-16-20(14-29-34)30-22-12-21(24(26(27)36)32-31-22)28-13-19-5-3-4-18-8-11-37-25(18)19/h3-5,8,11-12,14,16-17H,2,6-7,9-10,13,15H2,1H3,(H2,27,36)(H2,28,30,31). The zero-order valence-corrected chi connectivity index (χ0v) is 21.5. The Balaban J connectivity index is 1.23. The molecule has 1 aliphatic rings. The number of carbonyl (C=O) groups excluding carboxylic acids is 2. The first-order valence-corrected chi connectivity index (χ1v) is 13.3. The van der Waals surface area contributed by atoms with E-state index in [0.717, 1.165) is 43.7 Å². The quantitative estimate of drug-likeness (QED) is 0.305. The lowest BCUT2D eigenvalue weighted by Gasteiger charge is -2.31. The van der Waals surface area contributed by atoms with Crippen LogP contribution in [-0.2, 0) is 17.9 Å². The number of hydrogen-bond donors (Lipinski definition) is 3. The molecule has 0 aliphatic carbocycles. The van der Waals surface area contributed by atoms with Gasteiger partial charge >= 0.3 is 0 Å². The van der Waals surface area contributed by atoms with Gasteiger partial charge in [-0.2, -0.15) is 5.10 Å². The van der Waals surface area contributed by atoms with Gasteiger partial charge in [-0.25, -0.2) is 0 Å². The number of fused-ring (bicyclic) bond motifs is 1. The summed E-state index contributed by atoms with van der Waals surface area (Å²) >= 11 is 1.68. The summed E-state index contributed by atoms with van der Waals surface area (Å²) in [6.45, 7) is 4.83. The summed E-state index contributed by atoms with van der Waals surface area (Å²) in [7, 11) is 0. The zero-order valence-electron chi connectivity index (χ0n) is 20.7.